The van der Waals surface area contributed by atoms with Crippen LogP contribution in [0.1, 0.15) is 31.7 Å². The lowest BCUT2D eigenvalue weighted by molar-refractivity contribution is -0.177. The molecule has 1 spiro atoms. The number of aryl methyl sites for hydroxylation is 1. The van der Waals surface area contributed by atoms with Gasteiger partial charge in [-0.25, -0.2) is 0 Å². The number of ether oxygens (including phenoxy) is 3. The molecule has 1 unspecified atom stereocenters. The van der Waals surface area contributed by atoms with Crippen LogP contribution < -0.4 is 9.47 Å². The Morgan fingerprint density at radius 1 is 1.09 bits per heavy atom. The zero-order chi connectivity index (χ0) is 24.7. The molecule has 2 aliphatic heterocycles. The monoisotopic (exact) mass is 500 g/mol. The Morgan fingerprint density at radius 3 is 2.71 bits per heavy atom. The van der Waals surface area contributed by atoms with Crippen LogP contribution >= 0.6 is 11.6 Å². The van der Waals surface area contributed by atoms with E-state index in [0.29, 0.717) is 50.0 Å². The van der Waals surface area contributed by atoms with E-state index in [-0.39, 0.29) is 25.0 Å². The van der Waals surface area contributed by atoms with E-state index in [2.05, 4.69) is 6.07 Å². The number of hydrogen-bond acceptors (Lipinski definition) is 5. The summed E-state index contributed by atoms with van der Waals surface area (Å²) < 4.78 is 17.9. The van der Waals surface area contributed by atoms with Crippen molar-refractivity contribution in [3.8, 4) is 11.5 Å². The van der Waals surface area contributed by atoms with E-state index in [4.69, 9.17) is 25.8 Å². The molecule has 2 aromatic carbocycles. The molecular formula is C27H33ClN2O5. The number of benzene rings is 2. The zero-order valence-corrected chi connectivity index (χ0v) is 21.0. The second kappa shape index (κ2) is 11.8. The number of hydrogen-bond donors (Lipinski definition) is 0. The van der Waals surface area contributed by atoms with Gasteiger partial charge in [0.05, 0.1) is 24.7 Å². The van der Waals surface area contributed by atoms with Crippen LogP contribution in [0.2, 0.25) is 5.02 Å². The minimum absolute atomic E-state index is 0.0815. The van der Waals surface area contributed by atoms with Crippen molar-refractivity contribution in [1.82, 2.24) is 9.80 Å². The van der Waals surface area contributed by atoms with Gasteiger partial charge in [0.2, 0.25) is 0 Å². The van der Waals surface area contributed by atoms with Crippen LogP contribution in [0.5, 0.6) is 11.5 Å². The fourth-order valence-electron chi connectivity index (χ4n) is 4.71. The molecule has 7 nitrogen and oxygen atoms in total. The van der Waals surface area contributed by atoms with Crippen LogP contribution in [0, 0.1) is 0 Å². The molecule has 0 bridgehead atoms. The molecule has 1 atom stereocenters. The van der Waals surface area contributed by atoms with E-state index >= 15 is 0 Å². The largest absolute Gasteiger partial charge is 0.491 e. The predicted octanol–water partition coefficient (Wildman–Crippen LogP) is 3.97. The number of halogens is 1. The van der Waals surface area contributed by atoms with Crippen LogP contribution in [0.15, 0.2) is 48.5 Å². The normalized spacial score (nSPS) is 21.5. The van der Waals surface area contributed by atoms with Crippen molar-refractivity contribution in [2.75, 3.05) is 46.0 Å². The third-order valence-corrected chi connectivity index (χ3v) is 6.97. The van der Waals surface area contributed by atoms with Crippen molar-refractivity contribution in [2.45, 2.75) is 38.2 Å². The number of nitrogens with zero attached hydrogens (tertiary/aromatic N) is 2. The fraction of sp³-hybridized carbons (Fsp3) is 0.481. The van der Waals surface area contributed by atoms with Crippen LogP contribution in [-0.4, -0.2) is 73.2 Å². The Balaban J connectivity index is 1.48. The molecule has 35 heavy (non-hydrogen) atoms. The van der Waals surface area contributed by atoms with Gasteiger partial charge in [-0.2, -0.15) is 0 Å². The van der Waals surface area contributed by atoms with E-state index in [0.717, 1.165) is 25.0 Å². The summed E-state index contributed by atoms with van der Waals surface area (Å²) >= 11 is 6.15. The van der Waals surface area contributed by atoms with Crippen molar-refractivity contribution in [3.05, 3.63) is 59.1 Å². The Morgan fingerprint density at radius 2 is 1.89 bits per heavy atom. The van der Waals surface area contributed by atoms with Gasteiger partial charge < -0.3 is 24.0 Å². The summed E-state index contributed by atoms with van der Waals surface area (Å²) in [7, 11) is 0. The molecular weight excluding hydrogens is 468 g/mol. The molecule has 0 radical (unpaired) electrons. The second-order valence-corrected chi connectivity index (χ2v) is 9.33. The Kier molecular flexibility index (Phi) is 8.52. The molecule has 1 saturated heterocycles. The molecule has 4 rings (SSSR count). The van der Waals surface area contributed by atoms with Crippen LogP contribution in [0.4, 0.5) is 0 Å². The van der Waals surface area contributed by atoms with Gasteiger partial charge in [-0.05, 0) is 56.4 Å². The Labute approximate surface area is 211 Å². The number of morpholine rings is 1. The van der Waals surface area contributed by atoms with Gasteiger partial charge in [0.25, 0.3) is 11.8 Å². The first kappa shape index (κ1) is 25.3. The fourth-order valence-corrected chi connectivity index (χ4v) is 4.90. The van der Waals surface area contributed by atoms with Gasteiger partial charge >= 0.3 is 0 Å². The number of para-hydroxylation sites is 2. The molecule has 2 aromatic rings. The Hall–Kier alpha value is -2.77. The Bertz CT molecular complexity index is 1030. The minimum Gasteiger partial charge on any atom is -0.491 e. The van der Waals surface area contributed by atoms with Gasteiger partial charge in [0.1, 0.15) is 18.1 Å². The average Bonchev–Trinajstić information content (AvgIpc) is 2.88. The summed E-state index contributed by atoms with van der Waals surface area (Å²) in [5.41, 5.74) is 0.113. The smallest absolute Gasteiger partial charge is 0.260 e. The summed E-state index contributed by atoms with van der Waals surface area (Å²) in [6, 6.07) is 15.1. The molecule has 0 N–H and O–H groups in total. The second-order valence-electron chi connectivity index (χ2n) is 8.93. The number of carbonyl (C=O) groups is 2. The van der Waals surface area contributed by atoms with Gasteiger partial charge in [-0.1, -0.05) is 41.9 Å². The van der Waals surface area contributed by atoms with Gasteiger partial charge in [0, 0.05) is 13.1 Å². The lowest BCUT2D eigenvalue weighted by Crippen LogP contribution is -2.62. The van der Waals surface area contributed by atoms with Gasteiger partial charge in [-0.15, -0.1) is 0 Å². The topological polar surface area (TPSA) is 68.3 Å². The summed E-state index contributed by atoms with van der Waals surface area (Å²) in [4.78, 5) is 30.3. The molecule has 0 aliphatic carbocycles. The van der Waals surface area contributed by atoms with Crippen LogP contribution in [0.25, 0.3) is 0 Å². The highest BCUT2D eigenvalue weighted by atomic mass is 35.5. The van der Waals surface area contributed by atoms with E-state index in [9.17, 15) is 9.59 Å². The van der Waals surface area contributed by atoms with E-state index in [1.165, 1.54) is 5.56 Å². The number of fused-ring (bicyclic) bond motifs is 1. The SMILES string of the molecule is CCN1CCOc2ccccc2CCCCC2(CN(C(=O)COc3ccccc3Cl)CCO2)C1=O. The number of likely N-dealkylation sites (N-methyl/N-ethyl adjacent to an activating group) is 1. The standard InChI is InChI=1S/C27H33ClN2O5/c1-2-29-15-17-33-23-12-5-3-9-21(23)10-7-8-14-27(26(29)32)20-30(16-18-35-27)25(31)19-34-24-13-6-4-11-22(24)28/h3-6,9,11-13H,2,7-8,10,14-20H2,1H3. The molecule has 2 heterocycles. The van der Waals surface area contributed by atoms with Gasteiger partial charge in [0.15, 0.2) is 12.2 Å². The van der Waals surface area contributed by atoms with Crippen molar-refractivity contribution < 1.29 is 23.8 Å². The van der Waals surface area contributed by atoms with Crippen molar-refractivity contribution >= 4 is 23.4 Å². The molecule has 2 aliphatic rings. The summed E-state index contributed by atoms with van der Waals surface area (Å²) in [5.74, 6) is 1.08. The molecule has 0 saturated carbocycles. The number of carbonyl (C=O) groups excluding carboxylic acids is 2. The zero-order valence-electron chi connectivity index (χ0n) is 20.2. The minimum atomic E-state index is -1.06. The highest BCUT2D eigenvalue weighted by Crippen LogP contribution is 2.30. The maximum absolute atomic E-state index is 13.8. The van der Waals surface area contributed by atoms with Gasteiger partial charge in [-0.3, -0.25) is 9.59 Å². The van der Waals surface area contributed by atoms with E-state index in [1.807, 2.05) is 25.1 Å². The maximum Gasteiger partial charge on any atom is 0.260 e. The van der Waals surface area contributed by atoms with Crippen LogP contribution in [-0.2, 0) is 20.7 Å². The highest BCUT2D eigenvalue weighted by Gasteiger charge is 2.46. The predicted molar refractivity (Wildman–Crippen MR) is 134 cm³/mol. The molecule has 0 aromatic heterocycles. The lowest BCUT2D eigenvalue weighted by Gasteiger charge is -2.44. The number of rotatable bonds is 4. The van der Waals surface area contributed by atoms with Crippen molar-refractivity contribution in [2.24, 2.45) is 0 Å². The molecule has 1 fully saturated rings. The van der Waals surface area contributed by atoms with E-state index in [1.54, 1.807) is 34.1 Å². The van der Waals surface area contributed by atoms with Crippen LogP contribution in [0.3, 0.4) is 0 Å². The van der Waals surface area contributed by atoms with E-state index < -0.39 is 5.60 Å². The molecule has 188 valence electrons. The quantitative estimate of drug-likeness (QED) is 0.635. The first-order chi connectivity index (χ1) is 17.0. The van der Waals surface area contributed by atoms with Crippen molar-refractivity contribution in [3.63, 3.8) is 0 Å². The summed E-state index contributed by atoms with van der Waals surface area (Å²) in [6.07, 6.45) is 3.12. The summed E-state index contributed by atoms with van der Waals surface area (Å²) in [5, 5.41) is 0.454. The summed E-state index contributed by atoms with van der Waals surface area (Å²) in [6.45, 7) is 4.15. The molecule has 2 amide bonds. The third kappa shape index (κ3) is 6.08. The third-order valence-electron chi connectivity index (χ3n) is 6.65. The average molecular weight is 501 g/mol. The lowest BCUT2D eigenvalue weighted by atomic mass is 9.91. The first-order valence-electron chi connectivity index (χ1n) is 12.3. The van der Waals surface area contributed by atoms with Crippen molar-refractivity contribution in [1.29, 1.82) is 0 Å². The number of amides is 2. The highest BCUT2D eigenvalue weighted by molar-refractivity contribution is 6.32. The first-order valence-corrected chi connectivity index (χ1v) is 12.7. The molecule has 8 heteroatoms. The maximum atomic E-state index is 13.8.